The average molecular weight is 268 g/mol. The van der Waals surface area contributed by atoms with Crippen molar-refractivity contribution in [2.24, 2.45) is 0 Å². The topological polar surface area (TPSA) is 0 Å². The lowest BCUT2D eigenvalue weighted by Crippen LogP contribution is -1.89. The van der Waals surface area contributed by atoms with Gasteiger partial charge in [-0.2, -0.15) is 0 Å². The molecule has 1 aromatic rings. The molecule has 1 aromatic carbocycles. The van der Waals surface area contributed by atoms with Gasteiger partial charge in [0, 0.05) is 5.92 Å². The second kappa shape index (κ2) is 9.14. The van der Waals surface area contributed by atoms with Crippen molar-refractivity contribution < 1.29 is 0 Å². The largest absolute Gasteiger partial charge is 0.100 e. The van der Waals surface area contributed by atoms with Crippen LogP contribution >= 0.6 is 0 Å². The van der Waals surface area contributed by atoms with E-state index in [2.05, 4.69) is 50.9 Å². The van der Waals surface area contributed by atoms with E-state index in [0.717, 1.165) is 0 Å². The van der Waals surface area contributed by atoms with Crippen LogP contribution in [-0.2, 0) is 0 Å². The van der Waals surface area contributed by atoms with Gasteiger partial charge in [0.1, 0.15) is 0 Å². The van der Waals surface area contributed by atoms with Gasteiger partial charge >= 0.3 is 0 Å². The van der Waals surface area contributed by atoms with Gasteiger partial charge in [-0.25, -0.2) is 0 Å². The van der Waals surface area contributed by atoms with E-state index in [0.29, 0.717) is 5.92 Å². The van der Waals surface area contributed by atoms with Crippen molar-refractivity contribution in [3.63, 3.8) is 0 Å². The van der Waals surface area contributed by atoms with Crippen molar-refractivity contribution in [3.8, 4) is 0 Å². The Balaban J connectivity index is 0.000000521. The number of hydrogen-bond acceptors (Lipinski definition) is 0. The molecule has 1 atom stereocenters. The smallest absolute Gasteiger partial charge is 0.00730 e. The van der Waals surface area contributed by atoms with Crippen LogP contribution in [0, 0.1) is 0 Å². The maximum absolute atomic E-state index is 3.87. The number of hydrogen-bond donors (Lipinski definition) is 0. The Hall–Kier alpha value is -1.82. The van der Waals surface area contributed by atoms with E-state index in [1.165, 1.54) is 27.8 Å². The summed E-state index contributed by atoms with van der Waals surface area (Å²) in [6, 6.07) is 8.49. The van der Waals surface area contributed by atoms with Crippen LogP contribution in [0.25, 0.3) is 5.57 Å². The van der Waals surface area contributed by atoms with E-state index >= 15 is 0 Å². The molecule has 0 spiro atoms. The summed E-state index contributed by atoms with van der Waals surface area (Å²) in [4.78, 5) is 0. The third-order valence-corrected chi connectivity index (χ3v) is 2.92. The fraction of sp³-hybridized carbons (Fsp3) is 0.300. The molecule has 0 fully saturated rings. The normalized spacial score (nSPS) is 15.2. The van der Waals surface area contributed by atoms with Gasteiger partial charge in [0.05, 0.1) is 0 Å². The zero-order valence-electron chi connectivity index (χ0n) is 13.7. The molecule has 0 aliphatic heterocycles. The molecule has 0 amide bonds. The lowest BCUT2D eigenvalue weighted by Gasteiger charge is -2.06. The highest BCUT2D eigenvalue weighted by molar-refractivity contribution is 5.85. The monoisotopic (exact) mass is 268 g/mol. The molecule has 108 valence electrons. The van der Waals surface area contributed by atoms with E-state index in [-0.39, 0.29) is 0 Å². The van der Waals surface area contributed by atoms with Crippen LogP contribution in [0.5, 0.6) is 0 Å². The molecule has 0 N–H and O–H groups in total. The predicted molar refractivity (Wildman–Crippen MR) is 94.0 cm³/mol. The van der Waals surface area contributed by atoms with Crippen molar-refractivity contribution in [3.05, 3.63) is 78.4 Å². The van der Waals surface area contributed by atoms with Crippen molar-refractivity contribution in [2.45, 2.75) is 40.5 Å². The molecule has 0 nitrogen and oxygen atoms in total. The zero-order chi connectivity index (χ0) is 15.7. The summed E-state index contributed by atoms with van der Waals surface area (Å²) in [6.07, 6.45) is 3.88. The van der Waals surface area contributed by atoms with Gasteiger partial charge in [0.15, 0.2) is 0 Å². The first-order valence-corrected chi connectivity index (χ1v) is 7.23. The van der Waals surface area contributed by atoms with Crippen LogP contribution in [-0.4, -0.2) is 0 Å². The van der Waals surface area contributed by atoms with Gasteiger partial charge in [-0.1, -0.05) is 75.9 Å². The first-order valence-electron chi connectivity index (χ1n) is 7.23. The molecule has 1 unspecified atom stereocenters. The predicted octanol–water partition coefficient (Wildman–Crippen LogP) is 6.54. The average Bonchev–Trinajstić information content (AvgIpc) is 2.73. The standard InChI is InChI=1S/C14H14.C4H8.C2H6/c1-4-11-10(3)13-8-6-7-9-14(13)12(11)5-2;1-4(2)3;1-2/h4-10H,1-2H2,3H3;1H2,2-3H3;1-2H3. The van der Waals surface area contributed by atoms with E-state index < -0.39 is 0 Å². The third kappa shape index (κ3) is 4.38. The van der Waals surface area contributed by atoms with Crippen LogP contribution in [0.2, 0.25) is 0 Å². The second-order valence-electron chi connectivity index (χ2n) is 4.79. The molecule has 0 saturated heterocycles. The van der Waals surface area contributed by atoms with Crippen molar-refractivity contribution in [2.75, 3.05) is 0 Å². The van der Waals surface area contributed by atoms with Gasteiger partial charge in [0.2, 0.25) is 0 Å². The minimum atomic E-state index is 0.455. The molecule has 1 aliphatic carbocycles. The zero-order valence-corrected chi connectivity index (χ0v) is 13.7. The van der Waals surface area contributed by atoms with Crippen LogP contribution in [0.1, 0.15) is 51.7 Å². The number of benzene rings is 1. The minimum absolute atomic E-state index is 0.455. The maximum atomic E-state index is 3.87. The van der Waals surface area contributed by atoms with Crippen LogP contribution in [0.15, 0.2) is 67.3 Å². The Labute approximate surface area is 125 Å². The SMILES string of the molecule is C=C(C)C.C=CC1=C(C=C)C(C)c2ccccc21.CC. The van der Waals surface area contributed by atoms with Gasteiger partial charge in [0.25, 0.3) is 0 Å². The van der Waals surface area contributed by atoms with E-state index in [1.807, 2.05) is 39.8 Å². The minimum Gasteiger partial charge on any atom is -0.100 e. The van der Waals surface area contributed by atoms with E-state index in [4.69, 9.17) is 0 Å². The number of fused-ring (bicyclic) bond motifs is 1. The van der Waals surface area contributed by atoms with Gasteiger partial charge in [-0.05, 0) is 36.1 Å². The summed E-state index contributed by atoms with van der Waals surface area (Å²) in [6.45, 7) is 21.5. The van der Waals surface area contributed by atoms with E-state index in [9.17, 15) is 0 Å². The maximum Gasteiger partial charge on any atom is 0.00730 e. The Bertz CT molecular complexity index is 497. The highest BCUT2D eigenvalue weighted by Crippen LogP contribution is 2.42. The van der Waals surface area contributed by atoms with Crippen molar-refractivity contribution >= 4 is 5.57 Å². The highest BCUT2D eigenvalue weighted by atomic mass is 14.3. The summed E-state index contributed by atoms with van der Waals surface area (Å²) < 4.78 is 0. The number of rotatable bonds is 2. The Kier molecular flexibility index (Phi) is 8.31. The molecule has 20 heavy (non-hydrogen) atoms. The van der Waals surface area contributed by atoms with Crippen LogP contribution in [0.3, 0.4) is 0 Å². The molecule has 0 bridgehead atoms. The van der Waals surface area contributed by atoms with E-state index in [1.54, 1.807) is 0 Å². The first-order chi connectivity index (χ1) is 9.52. The first kappa shape index (κ1) is 18.2. The molecule has 0 heterocycles. The lowest BCUT2D eigenvalue weighted by atomic mass is 9.98. The lowest BCUT2D eigenvalue weighted by molar-refractivity contribution is 0.948. The highest BCUT2D eigenvalue weighted by Gasteiger charge is 2.23. The summed E-state index contributed by atoms with van der Waals surface area (Å²) in [5, 5.41) is 0. The second-order valence-corrected chi connectivity index (χ2v) is 4.79. The fourth-order valence-electron chi connectivity index (χ4n) is 2.19. The fourth-order valence-corrected chi connectivity index (χ4v) is 2.19. The molecule has 2 rings (SSSR count). The summed E-state index contributed by atoms with van der Waals surface area (Å²) >= 11 is 0. The van der Waals surface area contributed by atoms with Crippen molar-refractivity contribution in [1.29, 1.82) is 0 Å². The van der Waals surface area contributed by atoms with Gasteiger partial charge in [-0.3, -0.25) is 0 Å². The molecule has 0 saturated carbocycles. The van der Waals surface area contributed by atoms with Crippen molar-refractivity contribution in [1.82, 2.24) is 0 Å². The molecule has 0 aromatic heterocycles. The Morgan fingerprint density at radius 2 is 1.55 bits per heavy atom. The Morgan fingerprint density at radius 1 is 1.05 bits per heavy atom. The Morgan fingerprint density at radius 3 is 2.00 bits per heavy atom. The van der Waals surface area contributed by atoms with Crippen LogP contribution < -0.4 is 0 Å². The molecule has 1 aliphatic rings. The summed E-state index contributed by atoms with van der Waals surface area (Å²) in [5.41, 5.74) is 6.39. The van der Waals surface area contributed by atoms with Gasteiger partial charge < -0.3 is 0 Å². The molecular formula is C20H28. The van der Waals surface area contributed by atoms with Gasteiger partial charge in [-0.15, -0.1) is 6.58 Å². The quantitative estimate of drug-likeness (QED) is 0.534. The summed E-state index contributed by atoms with van der Waals surface area (Å²) in [5.74, 6) is 0.455. The number of allylic oxidation sites excluding steroid dienone is 5. The third-order valence-electron chi connectivity index (χ3n) is 2.92. The molecule has 0 radical (unpaired) electrons. The van der Waals surface area contributed by atoms with Crippen LogP contribution in [0.4, 0.5) is 0 Å². The summed E-state index contributed by atoms with van der Waals surface area (Å²) in [7, 11) is 0. The molecular weight excluding hydrogens is 240 g/mol. The molecule has 0 heteroatoms.